The molecule has 6 heteroatoms. The molecule has 0 atom stereocenters. The lowest BCUT2D eigenvalue weighted by Gasteiger charge is -2.13. The van der Waals surface area contributed by atoms with Crippen LogP contribution >= 0.6 is 11.6 Å². The maximum Gasteiger partial charge on any atom is 0.412 e. The fourth-order valence-corrected chi connectivity index (χ4v) is 2.06. The van der Waals surface area contributed by atoms with E-state index in [0.717, 1.165) is 5.56 Å². The van der Waals surface area contributed by atoms with Crippen molar-refractivity contribution in [1.82, 2.24) is 5.32 Å². The Hall–Kier alpha value is -2.84. The van der Waals surface area contributed by atoms with Gasteiger partial charge in [-0.25, -0.2) is 4.79 Å². The van der Waals surface area contributed by atoms with Crippen molar-refractivity contribution in [3.8, 4) is 18.1 Å². The van der Waals surface area contributed by atoms with E-state index in [2.05, 4.69) is 17.8 Å². The van der Waals surface area contributed by atoms with E-state index in [1.807, 2.05) is 26.0 Å². The third-order valence-electron chi connectivity index (χ3n) is 3.41. The number of amides is 1. The molecule has 1 aromatic rings. The number of nitrogens with one attached hydrogen (secondary N) is 1. The van der Waals surface area contributed by atoms with Gasteiger partial charge >= 0.3 is 6.09 Å². The summed E-state index contributed by atoms with van der Waals surface area (Å²) < 4.78 is 10.6. The number of halogens is 1. The summed E-state index contributed by atoms with van der Waals surface area (Å²) >= 11 is 6.31. The third kappa shape index (κ3) is 6.58. The molecule has 0 unspecified atom stereocenters. The van der Waals surface area contributed by atoms with Crippen LogP contribution in [0.3, 0.4) is 0 Å². The molecule has 3 N–H and O–H groups in total. The molecule has 0 aliphatic rings. The second-order valence-electron chi connectivity index (χ2n) is 5.27. The van der Waals surface area contributed by atoms with Crippen molar-refractivity contribution in [1.29, 1.82) is 0 Å². The van der Waals surface area contributed by atoms with Crippen LogP contribution in [-0.4, -0.2) is 19.3 Å². The number of nitrogen functional groups attached to an aromatic ring is 1. The van der Waals surface area contributed by atoms with Gasteiger partial charge in [0, 0.05) is 16.3 Å². The number of aryl methyl sites for hydroxylation is 1. The molecule has 0 saturated heterocycles. The van der Waals surface area contributed by atoms with Crippen LogP contribution in [-0.2, 0) is 4.74 Å². The highest BCUT2D eigenvalue weighted by Gasteiger charge is 2.09. The zero-order valence-corrected chi connectivity index (χ0v) is 15.7. The summed E-state index contributed by atoms with van der Waals surface area (Å²) in [7, 11) is 0. The predicted molar refractivity (Wildman–Crippen MR) is 106 cm³/mol. The third-order valence-corrected chi connectivity index (χ3v) is 3.92. The Morgan fingerprint density at radius 3 is 2.85 bits per heavy atom. The lowest BCUT2D eigenvalue weighted by Crippen LogP contribution is -2.23. The number of carbonyl (C=O) groups is 1. The minimum Gasteiger partial charge on any atom is -0.487 e. The average molecular weight is 375 g/mol. The van der Waals surface area contributed by atoms with Crippen LogP contribution in [0.15, 0.2) is 53.2 Å². The number of anilines is 1. The molecular formula is C20H23ClN2O3. The monoisotopic (exact) mass is 374 g/mol. The summed E-state index contributed by atoms with van der Waals surface area (Å²) in [6.45, 7) is 7.55. The maximum absolute atomic E-state index is 11.6. The number of carbonyl (C=O) groups excluding carboxylic acids is 1. The summed E-state index contributed by atoms with van der Waals surface area (Å²) in [6, 6.07) is 5.55. The smallest absolute Gasteiger partial charge is 0.412 e. The standard InChI is InChI=1S/C20H23ClN2O3/c1-5-11-25-20(24)23-16(6-2)12-15(17(21)7-3)13-26-18-10-8-9-14(4)19(18)22/h1,6,8-10,12H,2,7,11,13,22H2,3-4H3,(H,23,24)/b16-12+,17-15-. The number of hydrogen-bond acceptors (Lipinski definition) is 4. The first-order valence-electron chi connectivity index (χ1n) is 7.99. The van der Waals surface area contributed by atoms with Crippen LogP contribution in [0.5, 0.6) is 5.75 Å². The molecule has 1 aromatic carbocycles. The number of ether oxygens (including phenoxy) is 2. The van der Waals surface area contributed by atoms with Crippen LogP contribution in [0.4, 0.5) is 10.5 Å². The Morgan fingerprint density at radius 2 is 2.23 bits per heavy atom. The zero-order chi connectivity index (χ0) is 19.5. The molecule has 1 rings (SSSR count). The number of para-hydroxylation sites is 1. The molecule has 0 heterocycles. The van der Waals surface area contributed by atoms with Crippen LogP contribution < -0.4 is 15.8 Å². The van der Waals surface area contributed by atoms with Crippen molar-refractivity contribution in [2.75, 3.05) is 18.9 Å². The van der Waals surface area contributed by atoms with E-state index >= 15 is 0 Å². The van der Waals surface area contributed by atoms with Crippen LogP contribution in [0, 0.1) is 19.3 Å². The summed E-state index contributed by atoms with van der Waals surface area (Å²) in [6.07, 6.45) is 8.12. The fourth-order valence-electron chi connectivity index (χ4n) is 1.96. The van der Waals surface area contributed by atoms with Crippen LogP contribution in [0.2, 0.25) is 0 Å². The van der Waals surface area contributed by atoms with Gasteiger partial charge in [0.05, 0.1) is 5.69 Å². The first kappa shape index (κ1) is 21.2. The number of hydrogen-bond donors (Lipinski definition) is 2. The van der Waals surface area contributed by atoms with Crippen molar-refractivity contribution in [3.05, 3.63) is 58.8 Å². The molecule has 26 heavy (non-hydrogen) atoms. The minimum absolute atomic E-state index is 0.121. The molecular weight excluding hydrogens is 352 g/mol. The Bertz CT molecular complexity index is 761. The largest absolute Gasteiger partial charge is 0.487 e. The summed E-state index contributed by atoms with van der Waals surface area (Å²) in [4.78, 5) is 11.6. The molecule has 138 valence electrons. The van der Waals surface area contributed by atoms with E-state index in [-0.39, 0.29) is 13.2 Å². The molecule has 1 amide bonds. The predicted octanol–water partition coefficient (Wildman–Crippen LogP) is 4.29. The first-order chi connectivity index (χ1) is 12.4. The summed E-state index contributed by atoms with van der Waals surface area (Å²) in [5, 5.41) is 3.13. The lowest BCUT2D eigenvalue weighted by molar-refractivity contribution is 0.163. The Kier molecular flexibility index (Phi) is 8.90. The highest BCUT2D eigenvalue weighted by Crippen LogP contribution is 2.26. The maximum atomic E-state index is 11.6. The van der Waals surface area contributed by atoms with Gasteiger partial charge in [-0.05, 0) is 37.1 Å². The van der Waals surface area contributed by atoms with Gasteiger partial charge in [-0.3, -0.25) is 5.32 Å². The molecule has 0 radical (unpaired) electrons. The number of rotatable bonds is 8. The topological polar surface area (TPSA) is 73.6 Å². The second kappa shape index (κ2) is 10.9. The van der Waals surface area contributed by atoms with Crippen LogP contribution in [0.1, 0.15) is 18.9 Å². The van der Waals surface area contributed by atoms with E-state index in [1.165, 1.54) is 6.08 Å². The molecule has 0 saturated carbocycles. The number of terminal acetylenes is 1. The van der Waals surface area contributed by atoms with E-state index < -0.39 is 6.09 Å². The normalized spacial score (nSPS) is 11.8. The highest BCUT2D eigenvalue weighted by molar-refractivity contribution is 6.30. The second-order valence-corrected chi connectivity index (χ2v) is 5.72. The number of nitrogens with two attached hydrogens (primary N) is 1. The lowest BCUT2D eigenvalue weighted by atomic mass is 10.1. The van der Waals surface area contributed by atoms with Gasteiger partial charge in [0.1, 0.15) is 12.4 Å². The summed E-state index contributed by atoms with van der Waals surface area (Å²) in [5.74, 6) is 2.78. The van der Waals surface area contributed by atoms with Crippen molar-refractivity contribution in [2.45, 2.75) is 20.3 Å². The van der Waals surface area contributed by atoms with Gasteiger partial charge in [0.15, 0.2) is 6.61 Å². The van der Waals surface area contributed by atoms with Crippen molar-refractivity contribution in [3.63, 3.8) is 0 Å². The van der Waals surface area contributed by atoms with E-state index in [0.29, 0.717) is 34.2 Å². The summed E-state index contributed by atoms with van der Waals surface area (Å²) in [5.41, 5.74) is 8.61. The Balaban J connectivity index is 2.96. The molecule has 0 aliphatic carbocycles. The van der Waals surface area contributed by atoms with Crippen molar-refractivity contribution < 1.29 is 14.3 Å². The van der Waals surface area contributed by atoms with Gasteiger partial charge in [0.2, 0.25) is 0 Å². The molecule has 0 aliphatic heterocycles. The number of alkyl carbamates (subject to hydrolysis) is 1. The molecule has 0 bridgehead atoms. The molecule has 5 nitrogen and oxygen atoms in total. The van der Waals surface area contributed by atoms with Gasteiger partial charge in [-0.15, -0.1) is 6.42 Å². The number of allylic oxidation sites excluding steroid dienone is 2. The Labute approximate surface area is 159 Å². The molecule has 0 aromatic heterocycles. The first-order valence-corrected chi connectivity index (χ1v) is 8.37. The zero-order valence-electron chi connectivity index (χ0n) is 15.0. The van der Waals surface area contributed by atoms with Crippen molar-refractivity contribution in [2.24, 2.45) is 0 Å². The van der Waals surface area contributed by atoms with Crippen molar-refractivity contribution >= 4 is 23.4 Å². The molecule has 0 fully saturated rings. The quantitative estimate of drug-likeness (QED) is 0.404. The van der Waals surface area contributed by atoms with Gasteiger partial charge in [-0.1, -0.05) is 43.2 Å². The van der Waals surface area contributed by atoms with Crippen LogP contribution in [0.25, 0.3) is 0 Å². The average Bonchev–Trinajstić information content (AvgIpc) is 2.64. The highest BCUT2D eigenvalue weighted by atomic mass is 35.5. The van der Waals surface area contributed by atoms with Gasteiger partial charge < -0.3 is 15.2 Å². The Morgan fingerprint density at radius 1 is 1.50 bits per heavy atom. The minimum atomic E-state index is -0.676. The fraction of sp³-hybridized carbons (Fsp3) is 0.250. The molecule has 0 spiro atoms. The van der Waals surface area contributed by atoms with Gasteiger partial charge in [0.25, 0.3) is 0 Å². The SMILES string of the molecule is C#CCOC(=O)N/C(C=C)=C/C(COc1cccc(C)c1N)=C(/Cl)CC. The van der Waals surface area contributed by atoms with E-state index in [9.17, 15) is 4.79 Å². The van der Waals surface area contributed by atoms with Gasteiger partial charge in [-0.2, -0.15) is 0 Å². The van der Waals surface area contributed by atoms with E-state index in [4.69, 9.17) is 33.2 Å². The van der Waals surface area contributed by atoms with E-state index in [1.54, 1.807) is 12.1 Å². The number of benzene rings is 1.